The van der Waals surface area contributed by atoms with E-state index in [-0.39, 0.29) is 0 Å². The van der Waals surface area contributed by atoms with Gasteiger partial charge >= 0.3 is 0 Å². The molecule has 0 fully saturated rings. The van der Waals surface area contributed by atoms with Gasteiger partial charge in [0.05, 0.1) is 0 Å². The van der Waals surface area contributed by atoms with Crippen molar-refractivity contribution in [1.29, 1.82) is 0 Å². The van der Waals surface area contributed by atoms with E-state index in [0.29, 0.717) is 12.3 Å². The molecule has 0 saturated carbocycles. The fraction of sp³-hybridized carbons (Fsp3) is 0.250. The maximum absolute atomic E-state index is 15.1. The van der Waals surface area contributed by atoms with E-state index in [1.54, 1.807) is 0 Å². The van der Waals surface area contributed by atoms with Gasteiger partial charge in [0.1, 0.15) is 14.3 Å². The van der Waals surface area contributed by atoms with Gasteiger partial charge < -0.3 is 9.13 Å². The van der Waals surface area contributed by atoms with Crippen molar-refractivity contribution in [2.45, 2.75) is 33.1 Å². The summed E-state index contributed by atoms with van der Waals surface area (Å²) in [6.45, 7) is 4.39. The monoisotopic (exact) mass is 514 g/mol. The third-order valence-corrected chi connectivity index (χ3v) is 14.0. The molecule has 4 rings (SSSR count). The molecule has 4 heteroatoms. The maximum atomic E-state index is 15.1. The van der Waals surface area contributed by atoms with Gasteiger partial charge in [-0.3, -0.25) is 0 Å². The molecular formula is C32H36O2P2. The van der Waals surface area contributed by atoms with E-state index in [1.807, 2.05) is 121 Å². The van der Waals surface area contributed by atoms with Crippen molar-refractivity contribution in [1.82, 2.24) is 0 Å². The molecule has 186 valence electrons. The maximum Gasteiger partial charge on any atom is 0.143 e. The minimum atomic E-state index is -2.98. The van der Waals surface area contributed by atoms with E-state index in [9.17, 15) is 0 Å². The largest absolute Gasteiger partial charge is 0.314 e. The van der Waals surface area contributed by atoms with E-state index in [0.717, 1.165) is 40.5 Å². The van der Waals surface area contributed by atoms with Gasteiger partial charge in [-0.05, 0) is 11.8 Å². The molecule has 0 saturated heterocycles. The fourth-order valence-electron chi connectivity index (χ4n) is 5.23. The highest BCUT2D eigenvalue weighted by Crippen LogP contribution is 2.56. The Kier molecular flexibility index (Phi) is 8.50. The molecule has 0 bridgehead atoms. The van der Waals surface area contributed by atoms with Gasteiger partial charge in [0.15, 0.2) is 0 Å². The molecule has 0 atom stereocenters. The van der Waals surface area contributed by atoms with Gasteiger partial charge in [0.2, 0.25) is 0 Å². The fourth-order valence-corrected chi connectivity index (χ4v) is 12.0. The molecule has 4 aromatic carbocycles. The van der Waals surface area contributed by atoms with Gasteiger partial charge in [-0.2, -0.15) is 0 Å². The van der Waals surface area contributed by atoms with Crippen molar-refractivity contribution in [3.05, 3.63) is 121 Å². The van der Waals surface area contributed by atoms with Crippen LogP contribution in [-0.2, 0) is 9.13 Å². The molecule has 0 unspecified atom stereocenters. The van der Waals surface area contributed by atoms with Crippen molar-refractivity contribution < 1.29 is 9.13 Å². The first kappa shape index (κ1) is 26.4. The lowest BCUT2D eigenvalue weighted by Gasteiger charge is -2.37. The van der Waals surface area contributed by atoms with Crippen LogP contribution < -0.4 is 21.2 Å². The summed E-state index contributed by atoms with van der Waals surface area (Å²) in [6, 6.07) is 39.5. The van der Waals surface area contributed by atoms with Crippen LogP contribution in [0.4, 0.5) is 0 Å². The SMILES string of the molecule is CCCCC(C)(CP(=O)(c1ccccc1)c1ccccc1)CP(=O)(c1ccccc1)c1ccccc1. The van der Waals surface area contributed by atoms with Crippen LogP contribution in [0.1, 0.15) is 33.1 Å². The molecule has 0 aliphatic heterocycles. The molecular weight excluding hydrogens is 478 g/mol. The van der Waals surface area contributed by atoms with Crippen LogP contribution in [0.15, 0.2) is 121 Å². The van der Waals surface area contributed by atoms with Crippen LogP contribution in [0.5, 0.6) is 0 Å². The lowest BCUT2D eigenvalue weighted by Crippen LogP contribution is -2.35. The summed E-state index contributed by atoms with van der Waals surface area (Å²) in [7, 11) is -5.95. The second-order valence-electron chi connectivity index (χ2n) is 10.1. The van der Waals surface area contributed by atoms with Crippen LogP contribution in [0.3, 0.4) is 0 Å². The molecule has 0 aliphatic rings. The minimum Gasteiger partial charge on any atom is -0.314 e. The third-order valence-electron chi connectivity index (χ3n) is 7.04. The van der Waals surface area contributed by atoms with Gasteiger partial charge in [0.25, 0.3) is 0 Å². The molecule has 0 heterocycles. The first-order valence-corrected chi connectivity index (χ1v) is 16.6. The highest BCUT2D eigenvalue weighted by molar-refractivity contribution is 7.79. The standard InChI is InChI=1S/C32H36O2P2/c1-3-4-25-32(2,26-35(33,28-17-9-5-10-18-28)29-19-11-6-12-20-29)27-36(34,30-21-13-7-14-22-30)31-23-15-8-16-24-31/h5-24H,3-4,25-27H2,1-2H3. The number of hydrogen-bond donors (Lipinski definition) is 0. The average Bonchev–Trinajstić information content (AvgIpc) is 2.94. The smallest absolute Gasteiger partial charge is 0.143 e. The number of rotatable bonds is 11. The molecule has 0 radical (unpaired) electrons. The minimum absolute atomic E-state index is 0.390. The van der Waals surface area contributed by atoms with Crippen LogP contribution in [0.25, 0.3) is 0 Å². The zero-order valence-corrected chi connectivity index (χ0v) is 23.1. The van der Waals surface area contributed by atoms with Crippen molar-refractivity contribution in [2.24, 2.45) is 5.41 Å². The Balaban J connectivity index is 1.84. The lowest BCUT2D eigenvalue weighted by atomic mass is 9.89. The summed E-state index contributed by atoms with van der Waals surface area (Å²) in [5, 5.41) is 3.47. The molecule has 0 N–H and O–H groups in total. The topological polar surface area (TPSA) is 34.1 Å². The highest BCUT2D eigenvalue weighted by atomic mass is 31.2. The van der Waals surface area contributed by atoms with E-state index >= 15 is 9.13 Å². The molecule has 4 aromatic rings. The van der Waals surface area contributed by atoms with E-state index in [1.165, 1.54) is 0 Å². The zero-order valence-electron chi connectivity index (χ0n) is 21.3. The first-order valence-electron chi connectivity index (χ1n) is 12.8. The quantitative estimate of drug-likeness (QED) is 0.198. The summed E-state index contributed by atoms with van der Waals surface area (Å²) in [6.07, 6.45) is 3.88. The Labute approximate surface area is 216 Å². The second-order valence-corrected chi connectivity index (χ2v) is 15.7. The van der Waals surface area contributed by atoms with Gasteiger partial charge in [-0.25, -0.2) is 0 Å². The number of benzene rings is 4. The van der Waals surface area contributed by atoms with Crippen LogP contribution >= 0.6 is 14.3 Å². The summed E-state index contributed by atoms with van der Waals surface area (Å²) < 4.78 is 30.1. The van der Waals surface area contributed by atoms with Crippen LogP contribution in [-0.4, -0.2) is 12.3 Å². The van der Waals surface area contributed by atoms with Gasteiger partial charge in [0, 0.05) is 33.5 Å². The van der Waals surface area contributed by atoms with Crippen molar-refractivity contribution in [2.75, 3.05) is 12.3 Å². The van der Waals surface area contributed by atoms with E-state index in [2.05, 4.69) is 13.8 Å². The third kappa shape index (κ3) is 5.83. The Morgan fingerprint density at radius 2 is 0.806 bits per heavy atom. The summed E-state index contributed by atoms with van der Waals surface area (Å²) >= 11 is 0. The van der Waals surface area contributed by atoms with Gasteiger partial charge in [-0.15, -0.1) is 0 Å². The lowest BCUT2D eigenvalue weighted by molar-refractivity contribution is 0.367. The summed E-state index contributed by atoms with van der Waals surface area (Å²) in [5.41, 5.74) is -0.390. The van der Waals surface area contributed by atoms with Crippen LogP contribution in [0, 0.1) is 5.41 Å². The van der Waals surface area contributed by atoms with E-state index < -0.39 is 19.7 Å². The predicted octanol–water partition coefficient (Wildman–Crippen LogP) is 7.21. The molecule has 2 nitrogen and oxygen atoms in total. The van der Waals surface area contributed by atoms with Crippen molar-refractivity contribution in [3.8, 4) is 0 Å². The molecule has 0 spiro atoms. The predicted molar refractivity (Wildman–Crippen MR) is 157 cm³/mol. The molecule has 36 heavy (non-hydrogen) atoms. The molecule has 0 aliphatic carbocycles. The number of hydrogen-bond acceptors (Lipinski definition) is 2. The Morgan fingerprint density at radius 1 is 0.528 bits per heavy atom. The first-order chi connectivity index (χ1) is 17.4. The summed E-state index contributed by atoms with van der Waals surface area (Å²) in [5.74, 6) is 0. The number of unbranched alkanes of at least 4 members (excludes halogenated alkanes) is 1. The second kappa shape index (κ2) is 11.6. The normalized spacial score (nSPS) is 12.4. The Bertz CT molecular complexity index is 1130. The Morgan fingerprint density at radius 3 is 1.06 bits per heavy atom. The van der Waals surface area contributed by atoms with E-state index in [4.69, 9.17) is 0 Å². The molecule has 0 aromatic heterocycles. The average molecular weight is 515 g/mol. The highest BCUT2D eigenvalue weighted by Gasteiger charge is 2.42. The zero-order chi connectivity index (χ0) is 25.5. The Hall–Kier alpha value is -2.66. The summed E-state index contributed by atoms with van der Waals surface area (Å²) in [4.78, 5) is 0. The van der Waals surface area contributed by atoms with Crippen LogP contribution in [0.2, 0.25) is 0 Å². The van der Waals surface area contributed by atoms with Crippen molar-refractivity contribution in [3.63, 3.8) is 0 Å². The molecule has 0 amide bonds. The van der Waals surface area contributed by atoms with Gasteiger partial charge in [-0.1, -0.05) is 148 Å². The van der Waals surface area contributed by atoms with Crippen molar-refractivity contribution >= 4 is 35.5 Å².